The summed E-state index contributed by atoms with van der Waals surface area (Å²) in [5.74, 6) is 0.753. The van der Waals surface area contributed by atoms with E-state index in [0.29, 0.717) is 10.0 Å². The van der Waals surface area contributed by atoms with Crippen LogP contribution in [0.25, 0.3) is 0 Å². The summed E-state index contributed by atoms with van der Waals surface area (Å²) in [6.07, 6.45) is 0. The molecule has 2 aromatic carbocycles. The number of methoxy groups -OCH3 is 1. The Hall–Kier alpha value is -1.22. The fraction of sp³-hybridized carbons (Fsp3) is 0.200. The Kier molecular flexibility index (Phi) is 4.35. The van der Waals surface area contributed by atoms with Crippen molar-refractivity contribution < 1.29 is 4.74 Å². The second kappa shape index (κ2) is 5.83. The lowest BCUT2D eigenvalue weighted by atomic mass is 9.97. The number of ether oxygens (including phenoxy) is 1. The van der Waals surface area contributed by atoms with Crippen molar-refractivity contribution >= 4 is 23.2 Å². The minimum Gasteiger partial charge on any atom is -0.496 e. The summed E-state index contributed by atoms with van der Waals surface area (Å²) >= 11 is 12.2. The van der Waals surface area contributed by atoms with Gasteiger partial charge in [0.05, 0.1) is 23.2 Å². The van der Waals surface area contributed by atoms with Gasteiger partial charge in [-0.25, -0.2) is 0 Å². The molecule has 0 aromatic heterocycles. The van der Waals surface area contributed by atoms with Crippen LogP contribution in [0.5, 0.6) is 5.75 Å². The van der Waals surface area contributed by atoms with Gasteiger partial charge in [-0.15, -0.1) is 0 Å². The number of nitrogens with two attached hydrogens (primary N) is 1. The SMILES string of the molecule is COc1cc(C)ccc1C(N)c1cccc(Cl)c1Cl. The van der Waals surface area contributed by atoms with Crippen LogP contribution < -0.4 is 10.5 Å². The first-order chi connectivity index (χ1) is 9.04. The smallest absolute Gasteiger partial charge is 0.124 e. The van der Waals surface area contributed by atoms with E-state index in [1.807, 2.05) is 37.3 Å². The van der Waals surface area contributed by atoms with E-state index in [-0.39, 0.29) is 6.04 Å². The van der Waals surface area contributed by atoms with Crippen molar-refractivity contribution in [3.05, 3.63) is 63.1 Å². The molecule has 0 fully saturated rings. The third kappa shape index (κ3) is 2.86. The maximum absolute atomic E-state index is 6.29. The second-order valence-electron chi connectivity index (χ2n) is 4.37. The highest BCUT2D eigenvalue weighted by atomic mass is 35.5. The van der Waals surface area contributed by atoms with E-state index in [0.717, 1.165) is 22.4 Å². The Morgan fingerprint density at radius 1 is 1.11 bits per heavy atom. The number of hydrogen-bond acceptors (Lipinski definition) is 2. The highest BCUT2D eigenvalue weighted by Crippen LogP contribution is 2.35. The molecule has 0 aliphatic carbocycles. The maximum atomic E-state index is 6.29. The molecular weight excluding hydrogens is 281 g/mol. The first kappa shape index (κ1) is 14.2. The minimum atomic E-state index is -0.373. The van der Waals surface area contributed by atoms with Gasteiger partial charge in [0.15, 0.2) is 0 Å². The fourth-order valence-corrected chi connectivity index (χ4v) is 2.43. The number of benzene rings is 2. The average Bonchev–Trinajstić information content (AvgIpc) is 2.41. The molecule has 2 N–H and O–H groups in total. The van der Waals surface area contributed by atoms with Crippen LogP contribution in [0.1, 0.15) is 22.7 Å². The van der Waals surface area contributed by atoms with Gasteiger partial charge in [0.2, 0.25) is 0 Å². The molecule has 4 heteroatoms. The number of hydrogen-bond donors (Lipinski definition) is 1. The lowest BCUT2D eigenvalue weighted by Crippen LogP contribution is -2.13. The quantitative estimate of drug-likeness (QED) is 0.913. The van der Waals surface area contributed by atoms with E-state index < -0.39 is 0 Å². The van der Waals surface area contributed by atoms with Gasteiger partial charge in [0.25, 0.3) is 0 Å². The summed E-state index contributed by atoms with van der Waals surface area (Å²) in [4.78, 5) is 0. The Morgan fingerprint density at radius 2 is 1.84 bits per heavy atom. The Morgan fingerprint density at radius 3 is 2.53 bits per heavy atom. The van der Waals surface area contributed by atoms with Crippen LogP contribution in [-0.4, -0.2) is 7.11 Å². The molecule has 2 rings (SSSR count). The van der Waals surface area contributed by atoms with Crippen LogP contribution in [0.3, 0.4) is 0 Å². The largest absolute Gasteiger partial charge is 0.496 e. The van der Waals surface area contributed by atoms with Crippen molar-refractivity contribution in [3.8, 4) is 5.75 Å². The molecule has 0 saturated carbocycles. The lowest BCUT2D eigenvalue weighted by Gasteiger charge is -2.18. The number of aryl methyl sites for hydroxylation is 1. The monoisotopic (exact) mass is 295 g/mol. The third-order valence-corrected chi connectivity index (χ3v) is 3.87. The van der Waals surface area contributed by atoms with Crippen molar-refractivity contribution in [3.63, 3.8) is 0 Å². The lowest BCUT2D eigenvalue weighted by molar-refractivity contribution is 0.407. The second-order valence-corrected chi connectivity index (χ2v) is 5.15. The molecule has 2 aromatic rings. The van der Waals surface area contributed by atoms with E-state index in [1.54, 1.807) is 13.2 Å². The standard InChI is InChI=1S/C15H15Cl2NO/c1-9-6-7-10(13(8-9)19-2)15(18)11-4-3-5-12(16)14(11)17/h3-8,15H,18H2,1-2H3. The average molecular weight is 296 g/mol. The normalized spacial score (nSPS) is 12.3. The fourth-order valence-electron chi connectivity index (χ4n) is 2.00. The first-order valence-corrected chi connectivity index (χ1v) is 6.64. The zero-order chi connectivity index (χ0) is 14.0. The van der Waals surface area contributed by atoms with Crippen molar-refractivity contribution in [2.24, 2.45) is 5.73 Å². The van der Waals surface area contributed by atoms with E-state index in [4.69, 9.17) is 33.7 Å². The molecular formula is C15H15Cl2NO. The molecule has 0 spiro atoms. The molecule has 2 nitrogen and oxygen atoms in total. The Bertz CT molecular complexity index is 599. The predicted molar refractivity (Wildman–Crippen MR) is 80.2 cm³/mol. The summed E-state index contributed by atoms with van der Waals surface area (Å²) in [5.41, 5.74) is 9.08. The number of halogens is 2. The van der Waals surface area contributed by atoms with Gasteiger partial charge in [-0.2, -0.15) is 0 Å². The van der Waals surface area contributed by atoms with Crippen LogP contribution in [0.4, 0.5) is 0 Å². The van der Waals surface area contributed by atoms with Crippen molar-refractivity contribution in [2.45, 2.75) is 13.0 Å². The molecule has 0 saturated heterocycles. The van der Waals surface area contributed by atoms with Crippen LogP contribution in [0.15, 0.2) is 36.4 Å². The minimum absolute atomic E-state index is 0.373. The molecule has 1 unspecified atom stereocenters. The zero-order valence-electron chi connectivity index (χ0n) is 10.8. The first-order valence-electron chi connectivity index (χ1n) is 5.88. The molecule has 100 valence electrons. The van der Waals surface area contributed by atoms with Gasteiger partial charge >= 0.3 is 0 Å². The van der Waals surface area contributed by atoms with Crippen molar-refractivity contribution in [2.75, 3.05) is 7.11 Å². The van der Waals surface area contributed by atoms with E-state index in [1.165, 1.54) is 0 Å². The van der Waals surface area contributed by atoms with Crippen molar-refractivity contribution in [1.29, 1.82) is 0 Å². The third-order valence-electron chi connectivity index (χ3n) is 3.04. The zero-order valence-corrected chi connectivity index (χ0v) is 12.3. The highest BCUT2D eigenvalue weighted by molar-refractivity contribution is 6.42. The van der Waals surface area contributed by atoms with E-state index in [2.05, 4.69) is 0 Å². The van der Waals surface area contributed by atoms with Crippen LogP contribution in [0.2, 0.25) is 10.0 Å². The van der Waals surface area contributed by atoms with Crippen LogP contribution in [-0.2, 0) is 0 Å². The van der Waals surface area contributed by atoms with Gasteiger partial charge in [-0.3, -0.25) is 0 Å². The Labute approximate surface area is 123 Å². The molecule has 0 bridgehead atoms. The molecule has 0 radical (unpaired) electrons. The summed E-state index contributed by atoms with van der Waals surface area (Å²) in [5, 5.41) is 0.986. The van der Waals surface area contributed by atoms with Gasteiger partial charge < -0.3 is 10.5 Å². The molecule has 0 aliphatic heterocycles. The number of rotatable bonds is 3. The van der Waals surface area contributed by atoms with Gasteiger partial charge in [-0.05, 0) is 30.2 Å². The van der Waals surface area contributed by atoms with Crippen LogP contribution in [0, 0.1) is 6.92 Å². The van der Waals surface area contributed by atoms with Gasteiger partial charge in [0, 0.05) is 5.56 Å². The molecule has 19 heavy (non-hydrogen) atoms. The maximum Gasteiger partial charge on any atom is 0.124 e. The summed E-state index contributed by atoms with van der Waals surface area (Å²) in [6, 6.07) is 11.0. The molecule has 0 aliphatic rings. The van der Waals surface area contributed by atoms with Gasteiger partial charge in [-0.1, -0.05) is 47.5 Å². The van der Waals surface area contributed by atoms with Crippen molar-refractivity contribution in [1.82, 2.24) is 0 Å². The van der Waals surface area contributed by atoms with Crippen LogP contribution >= 0.6 is 23.2 Å². The Balaban J connectivity index is 2.49. The summed E-state index contributed by atoms with van der Waals surface area (Å²) in [6.45, 7) is 2.00. The molecule has 0 amide bonds. The summed E-state index contributed by atoms with van der Waals surface area (Å²) in [7, 11) is 1.63. The predicted octanol–water partition coefficient (Wildman–Crippen LogP) is 4.36. The highest BCUT2D eigenvalue weighted by Gasteiger charge is 2.17. The van der Waals surface area contributed by atoms with Gasteiger partial charge in [0.1, 0.15) is 5.75 Å². The molecule has 0 heterocycles. The van der Waals surface area contributed by atoms with E-state index in [9.17, 15) is 0 Å². The summed E-state index contributed by atoms with van der Waals surface area (Å²) < 4.78 is 5.38. The topological polar surface area (TPSA) is 35.2 Å². The van der Waals surface area contributed by atoms with E-state index >= 15 is 0 Å². The molecule has 1 atom stereocenters.